The van der Waals surface area contributed by atoms with E-state index in [9.17, 15) is 22.4 Å². The number of ether oxygens (including phenoxy) is 1. The molecule has 5 nitrogen and oxygen atoms in total. The number of aromatic nitrogens is 2. The summed E-state index contributed by atoms with van der Waals surface area (Å²) in [7, 11) is 0. The summed E-state index contributed by atoms with van der Waals surface area (Å²) in [5.41, 5.74) is 0.846. The quantitative estimate of drug-likeness (QED) is 0.759. The first-order valence-electron chi connectivity index (χ1n) is 8.59. The summed E-state index contributed by atoms with van der Waals surface area (Å²) in [4.78, 5) is 11.8. The lowest BCUT2D eigenvalue weighted by molar-refractivity contribution is -0.126. The molecule has 0 spiro atoms. The van der Waals surface area contributed by atoms with E-state index in [-0.39, 0.29) is 17.6 Å². The van der Waals surface area contributed by atoms with E-state index in [0.29, 0.717) is 22.5 Å². The average molecular weight is 399 g/mol. The van der Waals surface area contributed by atoms with Crippen molar-refractivity contribution < 1.29 is 27.1 Å². The SMILES string of the molecule is C=Cc1cccc(F)c1F.Cc1nn(C(F)F)cc1NC(=O)C1CCC(C)O1. The van der Waals surface area contributed by atoms with Crippen LogP contribution in [0.1, 0.15) is 37.6 Å². The molecule has 9 heteroatoms. The van der Waals surface area contributed by atoms with Gasteiger partial charge < -0.3 is 10.1 Å². The Bertz CT molecular complexity index is 839. The fourth-order valence-electron chi connectivity index (χ4n) is 2.59. The van der Waals surface area contributed by atoms with Crippen molar-refractivity contribution in [2.45, 2.75) is 45.4 Å². The Morgan fingerprint density at radius 3 is 2.61 bits per heavy atom. The Labute approximate surface area is 160 Å². The molecule has 0 radical (unpaired) electrons. The molecule has 2 heterocycles. The number of halogens is 4. The van der Waals surface area contributed by atoms with Crippen LogP contribution in [0, 0.1) is 18.6 Å². The number of hydrogen-bond acceptors (Lipinski definition) is 3. The van der Waals surface area contributed by atoms with Gasteiger partial charge in [0, 0.05) is 5.56 Å². The highest BCUT2D eigenvalue weighted by atomic mass is 19.3. The minimum atomic E-state index is -2.71. The van der Waals surface area contributed by atoms with Crippen molar-refractivity contribution in [1.82, 2.24) is 9.78 Å². The number of rotatable bonds is 4. The van der Waals surface area contributed by atoms with Crippen molar-refractivity contribution in [3.63, 3.8) is 0 Å². The topological polar surface area (TPSA) is 56.2 Å². The van der Waals surface area contributed by atoms with Crippen LogP contribution in [0.3, 0.4) is 0 Å². The van der Waals surface area contributed by atoms with Crippen molar-refractivity contribution in [2.24, 2.45) is 0 Å². The summed E-state index contributed by atoms with van der Waals surface area (Å²) < 4.78 is 55.6. The molecule has 152 valence electrons. The van der Waals surface area contributed by atoms with Gasteiger partial charge in [0.1, 0.15) is 6.10 Å². The van der Waals surface area contributed by atoms with Crippen LogP contribution < -0.4 is 5.32 Å². The van der Waals surface area contributed by atoms with Gasteiger partial charge in [0.25, 0.3) is 5.91 Å². The third-order valence-corrected chi connectivity index (χ3v) is 4.10. The molecule has 1 aliphatic rings. The molecule has 1 N–H and O–H groups in total. The van der Waals surface area contributed by atoms with Gasteiger partial charge in [-0.1, -0.05) is 24.8 Å². The number of aryl methyl sites for hydroxylation is 1. The number of carbonyl (C=O) groups is 1. The highest BCUT2D eigenvalue weighted by Crippen LogP contribution is 2.22. The Morgan fingerprint density at radius 1 is 1.39 bits per heavy atom. The molecule has 2 unspecified atom stereocenters. The Balaban J connectivity index is 0.000000237. The summed E-state index contributed by atoms with van der Waals surface area (Å²) in [6.45, 7) is 4.07. The van der Waals surface area contributed by atoms with Crippen LogP contribution >= 0.6 is 0 Å². The third kappa shape index (κ3) is 5.41. The van der Waals surface area contributed by atoms with Gasteiger partial charge >= 0.3 is 6.55 Å². The first kappa shape index (κ1) is 21.6. The van der Waals surface area contributed by atoms with Crippen LogP contribution in [0.15, 0.2) is 31.0 Å². The zero-order valence-corrected chi connectivity index (χ0v) is 15.5. The van der Waals surface area contributed by atoms with Crippen LogP contribution in [-0.2, 0) is 9.53 Å². The molecule has 2 aromatic rings. The summed E-state index contributed by atoms with van der Waals surface area (Å²) in [6.07, 6.45) is 3.43. The molecule has 1 aromatic carbocycles. The molecule has 0 saturated carbocycles. The van der Waals surface area contributed by atoms with Crippen LogP contribution in [0.25, 0.3) is 6.08 Å². The maximum Gasteiger partial charge on any atom is 0.333 e. The fraction of sp³-hybridized carbons (Fsp3) is 0.368. The summed E-state index contributed by atoms with van der Waals surface area (Å²) in [5.74, 6) is -1.98. The Morgan fingerprint density at radius 2 is 2.11 bits per heavy atom. The lowest BCUT2D eigenvalue weighted by Crippen LogP contribution is -2.27. The van der Waals surface area contributed by atoms with E-state index in [2.05, 4.69) is 17.0 Å². The van der Waals surface area contributed by atoms with E-state index in [1.807, 2.05) is 6.92 Å². The number of anilines is 1. The van der Waals surface area contributed by atoms with Gasteiger partial charge in [0.15, 0.2) is 11.6 Å². The second-order valence-corrected chi connectivity index (χ2v) is 6.23. The smallest absolute Gasteiger partial charge is 0.333 e. The van der Waals surface area contributed by atoms with Gasteiger partial charge in [0.05, 0.1) is 23.7 Å². The number of benzene rings is 1. The fourth-order valence-corrected chi connectivity index (χ4v) is 2.59. The second-order valence-electron chi connectivity index (χ2n) is 6.23. The highest BCUT2D eigenvalue weighted by molar-refractivity contribution is 5.94. The third-order valence-electron chi connectivity index (χ3n) is 4.10. The van der Waals surface area contributed by atoms with Crippen LogP contribution in [0.4, 0.5) is 23.2 Å². The molecule has 2 atom stereocenters. The number of nitrogens with zero attached hydrogens (tertiary/aromatic N) is 2. The van der Waals surface area contributed by atoms with E-state index in [1.165, 1.54) is 18.2 Å². The number of amides is 1. The summed E-state index contributed by atoms with van der Waals surface area (Å²) >= 11 is 0. The predicted octanol–water partition coefficient (Wildman–Crippen LogP) is 4.70. The van der Waals surface area contributed by atoms with Crippen molar-refractivity contribution in [1.29, 1.82) is 0 Å². The molecule has 3 rings (SSSR count). The van der Waals surface area contributed by atoms with Gasteiger partial charge in [-0.05, 0) is 32.8 Å². The summed E-state index contributed by atoms with van der Waals surface area (Å²) in [5, 5.41) is 6.18. The minimum absolute atomic E-state index is 0.0608. The van der Waals surface area contributed by atoms with Crippen LogP contribution in [0.2, 0.25) is 0 Å². The van der Waals surface area contributed by atoms with E-state index >= 15 is 0 Å². The maximum absolute atomic E-state index is 12.6. The molecule has 1 aliphatic heterocycles. The van der Waals surface area contributed by atoms with Crippen LogP contribution in [-0.4, -0.2) is 27.9 Å². The van der Waals surface area contributed by atoms with Gasteiger partial charge in [0.2, 0.25) is 0 Å². The Kier molecular flexibility index (Phi) is 7.33. The van der Waals surface area contributed by atoms with Gasteiger partial charge in [-0.15, -0.1) is 0 Å². The maximum atomic E-state index is 12.6. The van der Waals surface area contributed by atoms with Crippen molar-refractivity contribution in [3.05, 3.63) is 53.9 Å². The zero-order valence-electron chi connectivity index (χ0n) is 15.5. The summed E-state index contributed by atoms with van der Waals surface area (Å²) in [6, 6.07) is 3.98. The molecule has 1 fully saturated rings. The van der Waals surface area contributed by atoms with E-state index in [4.69, 9.17) is 4.74 Å². The van der Waals surface area contributed by atoms with E-state index in [1.54, 1.807) is 6.92 Å². The van der Waals surface area contributed by atoms with E-state index in [0.717, 1.165) is 18.7 Å². The van der Waals surface area contributed by atoms with Crippen molar-refractivity contribution in [3.8, 4) is 0 Å². The number of alkyl halides is 2. The van der Waals surface area contributed by atoms with Gasteiger partial charge in [-0.25, -0.2) is 13.5 Å². The zero-order chi connectivity index (χ0) is 20.8. The monoisotopic (exact) mass is 399 g/mol. The Hall–Kier alpha value is -2.68. The average Bonchev–Trinajstić information content (AvgIpc) is 3.24. The predicted molar refractivity (Wildman–Crippen MR) is 96.9 cm³/mol. The molecular formula is C19H21F4N3O2. The standard InChI is InChI=1S/C11H15F2N3O2.C8H6F2/c1-6-3-4-9(18-6)10(17)14-8-5-16(11(12)13)15-7(8)2;1-2-6-4-3-5-7(9)8(6)10/h5-6,9,11H,3-4H2,1-2H3,(H,14,17);2-5H,1H2. The largest absolute Gasteiger partial charge is 0.365 e. The first-order valence-corrected chi connectivity index (χ1v) is 8.59. The molecule has 28 heavy (non-hydrogen) atoms. The lowest BCUT2D eigenvalue weighted by Gasteiger charge is -2.10. The van der Waals surface area contributed by atoms with Crippen LogP contribution in [0.5, 0.6) is 0 Å². The number of hydrogen-bond donors (Lipinski definition) is 1. The van der Waals surface area contributed by atoms with Crippen molar-refractivity contribution >= 4 is 17.7 Å². The molecule has 1 amide bonds. The molecule has 0 bridgehead atoms. The molecule has 1 saturated heterocycles. The minimum Gasteiger partial charge on any atom is -0.365 e. The highest BCUT2D eigenvalue weighted by Gasteiger charge is 2.28. The number of carbonyl (C=O) groups excluding carboxylic acids is 1. The van der Waals surface area contributed by atoms with Gasteiger partial charge in [-0.2, -0.15) is 13.9 Å². The molecule has 0 aliphatic carbocycles. The normalized spacial score (nSPS) is 18.5. The number of nitrogens with one attached hydrogen (secondary N) is 1. The second kappa shape index (κ2) is 9.50. The first-order chi connectivity index (χ1) is 13.2. The van der Waals surface area contributed by atoms with Crippen molar-refractivity contribution in [2.75, 3.05) is 5.32 Å². The van der Waals surface area contributed by atoms with E-state index < -0.39 is 24.3 Å². The molecular weight excluding hydrogens is 378 g/mol. The molecule has 1 aromatic heterocycles. The lowest BCUT2D eigenvalue weighted by atomic mass is 10.2. The van der Waals surface area contributed by atoms with Gasteiger partial charge in [-0.3, -0.25) is 4.79 Å².